The average Bonchev–Trinajstić information content (AvgIpc) is 3.74. The molecule has 1 aliphatic rings. The molecule has 0 radical (unpaired) electrons. The van der Waals surface area contributed by atoms with E-state index in [2.05, 4.69) is 75.8 Å². The molecule has 0 bridgehead atoms. The third kappa shape index (κ3) is 7.68. The molecule has 1 saturated heterocycles. The van der Waals surface area contributed by atoms with Gasteiger partial charge >= 0.3 is 0 Å². The molecule has 2 aromatic carbocycles. The number of hydrogen-bond acceptors (Lipinski definition) is 7. The summed E-state index contributed by atoms with van der Waals surface area (Å²) in [7, 11) is 0. The highest BCUT2D eigenvalue weighted by molar-refractivity contribution is 7.14. The second-order valence-electron chi connectivity index (χ2n) is 14.4. The number of amides is 2. The van der Waals surface area contributed by atoms with Gasteiger partial charge in [-0.05, 0) is 59.4 Å². The van der Waals surface area contributed by atoms with E-state index in [1.807, 2.05) is 42.7 Å². The summed E-state index contributed by atoms with van der Waals surface area (Å²) in [5.74, 6) is -0.618. The number of aromatic nitrogens is 2. The Bertz CT molecular complexity index is 1730. The lowest BCUT2D eigenvalue weighted by atomic mass is 9.86. The van der Waals surface area contributed by atoms with Gasteiger partial charge in [0.2, 0.25) is 5.91 Å². The normalized spacial score (nSPS) is 15.8. The smallest absolute Gasteiger partial charge is 0.288 e. The third-order valence-corrected chi connectivity index (χ3v) is 10.2. The maximum atomic E-state index is 13.9. The molecule has 2 amide bonds. The van der Waals surface area contributed by atoms with Crippen molar-refractivity contribution in [2.24, 2.45) is 0 Å². The van der Waals surface area contributed by atoms with Crippen LogP contribution in [0, 0.1) is 0 Å². The lowest BCUT2D eigenvalue weighted by molar-refractivity contribution is -0.154. The summed E-state index contributed by atoms with van der Waals surface area (Å²) < 4.78 is 0. The Hall–Kier alpha value is -4.21. The summed E-state index contributed by atoms with van der Waals surface area (Å²) in [6, 6.07) is 17.7. The predicted octanol–water partition coefficient (Wildman–Crippen LogP) is 7.49. The maximum Gasteiger partial charge on any atom is 0.288 e. The van der Waals surface area contributed by atoms with Crippen molar-refractivity contribution in [2.75, 3.05) is 6.54 Å². The lowest BCUT2D eigenvalue weighted by Crippen LogP contribution is -2.53. The monoisotopic (exact) mass is 652 g/mol. The molecule has 1 N–H and O–H groups in total. The lowest BCUT2D eigenvalue weighted by Gasteiger charge is -2.31. The molecule has 9 heteroatoms. The molecule has 2 aromatic heterocycles. The Kier molecular flexibility index (Phi) is 9.80. The minimum absolute atomic E-state index is 0.0737. The zero-order valence-electron chi connectivity index (χ0n) is 28.3. The number of nitrogens with zero attached hydrogens (tertiary/aromatic N) is 4. The van der Waals surface area contributed by atoms with Crippen molar-refractivity contribution in [3.8, 4) is 22.5 Å². The van der Waals surface area contributed by atoms with E-state index in [0.717, 1.165) is 27.1 Å². The molecule has 5 rings (SSSR count). The molecule has 0 spiro atoms. The van der Waals surface area contributed by atoms with E-state index in [1.165, 1.54) is 28.7 Å². The molecule has 2 atom stereocenters. The van der Waals surface area contributed by atoms with Crippen molar-refractivity contribution >= 4 is 28.9 Å². The highest BCUT2D eigenvalue weighted by atomic mass is 32.1. The van der Waals surface area contributed by atoms with Crippen LogP contribution in [-0.4, -0.2) is 61.4 Å². The van der Waals surface area contributed by atoms with Crippen LogP contribution in [0.25, 0.3) is 22.5 Å². The van der Waals surface area contributed by atoms with Crippen molar-refractivity contribution < 1.29 is 19.6 Å². The summed E-state index contributed by atoms with van der Waals surface area (Å²) >= 11 is 1.31. The Morgan fingerprint density at radius 3 is 2.04 bits per heavy atom. The van der Waals surface area contributed by atoms with E-state index in [0.29, 0.717) is 35.2 Å². The number of thiophene rings is 1. The van der Waals surface area contributed by atoms with Crippen molar-refractivity contribution in [1.82, 2.24) is 19.9 Å². The molecular weight excluding hydrogens is 609 g/mol. The molecule has 4 aromatic rings. The van der Waals surface area contributed by atoms with E-state index in [1.54, 1.807) is 6.07 Å². The molecule has 3 heterocycles. The first kappa shape index (κ1) is 34.1. The minimum Gasteiger partial charge on any atom is -0.331 e. The fourth-order valence-electron chi connectivity index (χ4n) is 5.84. The molecule has 1 fully saturated rings. The second kappa shape index (κ2) is 13.5. The maximum absolute atomic E-state index is 13.9. The Balaban J connectivity index is 1.36. The van der Waals surface area contributed by atoms with Crippen LogP contribution in [0.1, 0.15) is 87.0 Å². The van der Waals surface area contributed by atoms with Crippen LogP contribution >= 0.6 is 11.3 Å². The highest BCUT2D eigenvalue weighted by Crippen LogP contribution is 2.31. The number of carbonyl (C=O) groups is 3. The van der Waals surface area contributed by atoms with E-state index in [-0.39, 0.29) is 23.0 Å². The molecule has 0 unspecified atom stereocenters. The number of Topliss-reactive ketones (excluding diaryl/α,β-unsaturated/α-hetero) is 1. The topological polar surface area (TPSA) is 104 Å². The Labute approximate surface area is 281 Å². The fraction of sp³-hybridized carbons (Fsp3) is 0.395. The van der Waals surface area contributed by atoms with E-state index >= 15 is 0 Å². The van der Waals surface area contributed by atoms with Crippen LogP contribution in [-0.2, 0) is 26.8 Å². The quantitative estimate of drug-likeness (QED) is 0.156. The summed E-state index contributed by atoms with van der Waals surface area (Å²) in [6.07, 6.45) is 4.96. The first-order chi connectivity index (χ1) is 22.1. The number of rotatable bonds is 8. The van der Waals surface area contributed by atoms with Gasteiger partial charge in [0.05, 0.1) is 10.9 Å². The molecule has 0 aliphatic carbocycles. The zero-order valence-corrected chi connectivity index (χ0v) is 29.1. The zero-order chi connectivity index (χ0) is 34.1. The summed E-state index contributed by atoms with van der Waals surface area (Å²) in [4.78, 5) is 51.8. The molecule has 0 saturated carbocycles. The first-order valence-corrected chi connectivity index (χ1v) is 16.9. The SMILES string of the molecule is CC(=O)[C@@H]1CCCN1C(=O)[C@H](Cc1ccc(-c2ncc(-c3ccc(C(C)(C)C)cc3)cn2)cc1)N(O)C(=O)c1ccc(C(C)(C)C)s1. The number of carbonyl (C=O) groups excluding carboxylic acids is 3. The number of hydrogen-bond donors (Lipinski definition) is 1. The standard InChI is InChI=1S/C38H44N4O4S/c1-24(43)30-9-8-20-41(30)35(44)31(42(46)36(45)32-18-19-33(47-32)38(5,6)7)21-25-10-12-27(13-11-25)34-39-22-28(23-40-34)26-14-16-29(17-15-26)37(2,3)4/h10-19,22-23,30-31,46H,8-9,20-21H2,1-7H3/t30-,31-/m0/s1. The largest absolute Gasteiger partial charge is 0.331 e. The molecule has 47 heavy (non-hydrogen) atoms. The van der Waals surface area contributed by atoms with E-state index in [4.69, 9.17) is 0 Å². The van der Waals surface area contributed by atoms with Crippen molar-refractivity contribution in [1.29, 1.82) is 0 Å². The van der Waals surface area contributed by atoms with Gasteiger partial charge in [-0.3, -0.25) is 19.6 Å². The summed E-state index contributed by atoms with van der Waals surface area (Å²) in [5.41, 5.74) is 4.69. The number of ketones is 1. The van der Waals surface area contributed by atoms with Gasteiger partial charge in [-0.25, -0.2) is 15.0 Å². The van der Waals surface area contributed by atoms with Crippen LogP contribution < -0.4 is 0 Å². The number of benzene rings is 2. The van der Waals surface area contributed by atoms with Gasteiger partial charge in [-0.2, -0.15) is 0 Å². The van der Waals surface area contributed by atoms with Gasteiger partial charge < -0.3 is 4.90 Å². The molecule has 1 aliphatic heterocycles. The van der Waals surface area contributed by atoms with Crippen LogP contribution in [0.15, 0.2) is 73.1 Å². The Morgan fingerprint density at radius 2 is 1.49 bits per heavy atom. The van der Waals surface area contributed by atoms with Gasteiger partial charge in [0.1, 0.15) is 6.04 Å². The molecular formula is C38H44N4O4S. The molecule has 8 nitrogen and oxygen atoms in total. The van der Waals surface area contributed by atoms with E-state index in [9.17, 15) is 19.6 Å². The highest BCUT2D eigenvalue weighted by Gasteiger charge is 2.39. The second-order valence-corrected chi connectivity index (χ2v) is 15.5. The summed E-state index contributed by atoms with van der Waals surface area (Å²) in [6.45, 7) is 14.6. The Morgan fingerprint density at radius 1 is 0.872 bits per heavy atom. The van der Waals surface area contributed by atoms with Crippen LogP contribution in [0.3, 0.4) is 0 Å². The number of likely N-dealkylation sites (tertiary alicyclic amines) is 1. The van der Waals surface area contributed by atoms with Gasteiger partial charge in [0.25, 0.3) is 5.91 Å². The average molecular weight is 653 g/mol. The number of hydroxylamine groups is 2. The summed E-state index contributed by atoms with van der Waals surface area (Å²) in [5, 5.41) is 11.9. The van der Waals surface area contributed by atoms with E-state index < -0.39 is 23.9 Å². The minimum atomic E-state index is -1.20. The first-order valence-electron chi connectivity index (χ1n) is 16.1. The third-order valence-electron chi connectivity index (χ3n) is 8.73. The van der Waals surface area contributed by atoms with Gasteiger partial charge in [0, 0.05) is 41.4 Å². The molecule has 246 valence electrons. The predicted molar refractivity (Wildman–Crippen MR) is 185 cm³/mol. The van der Waals surface area contributed by atoms with Gasteiger partial charge in [-0.15, -0.1) is 11.3 Å². The van der Waals surface area contributed by atoms with Crippen molar-refractivity contribution in [2.45, 2.75) is 90.6 Å². The van der Waals surface area contributed by atoms with Crippen LogP contribution in [0.2, 0.25) is 0 Å². The van der Waals surface area contributed by atoms with Gasteiger partial charge in [0.15, 0.2) is 11.6 Å². The van der Waals surface area contributed by atoms with Crippen molar-refractivity contribution in [3.05, 3.63) is 93.9 Å². The van der Waals surface area contributed by atoms with Crippen LogP contribution in [0.4, 0.5) is 0 Å². The van der Waals surface area contributed by atoms with Crippen molar-refractivity contribution in [3.63, 3.8) is 0 Å². The fourth-order valence-corrected chi connectivity index (χ4v) is 6.83. The van der Waals surface area contributed by atoms with Crippen LogP contribution in [0.5, 0.6) is 0 Å². The van der Waals surface area contributed by atoms with Gasteiger partial charge in [-0.1, -0.05) is 90.1 Å².